The number of nitrogens with zero attached hydrogens (tertiary/aromatic N) is 1. The number of allylic oxidation sites excluding steroid dienone is 1. The molecule has 1 aromatic heterocycles. The predicted octanol–water partition coefficient (Wildman–Crippen LogP) is 4.00. The number of para-hydroxylation sites is 1. The lowest BCUT2D eigenvalue weighted by Crippen LogP contribution is -2.24. The average Bonchev–Trinajstić information content (AvgIpc) is 2.48. The van der Waals surface area contributed by atoms with E-state index in [2.05, 4.69) is 30.3 Å². The summed E-state index contributed by atoms with van der Waals surface area (Å²) < 4.78 is 0. The van der Waals surface area contributed by atoms with Crippen LogP contribution in [0.2, 0.25) is 0 Å². The zero-order chi connectivity index (χ0) is 13.8. The highest BCUT2D eigenvalue weighted by molar-refractivity contribution is 5.78. The van der Waals surface area contributed by atoms with Crippen LogP contribution in [0, 0.1) is 0 Å². The average molecular weight is 266 g/mol. The van der Waals surface area contributed by atoms with E-state index in [0.29, 0.717) is 0 Å². The Kier molecular flexibility index (Phi) is 4.12. The Hall–Kier alpha value is -1.67. The van der Waals surface area contributed by atoms with Crippen LogP contribution in [-0.4, -0.2) is 11.0 Å². The summed E-state index contributed by atoms with van der Waals surface area (Å²) in [4.78, 5) is 4.71. The van der Waals surface area contributed by atoms with Crippen molar-refractivity contribution in [3.8, 4) is 0 Å². The molecule has 1 atom stereocenters. The van der Waals surface area contributed by atoms with Gasteiger partial charge in [0.1, 0.15) is 0 Å². The van der Waals surface area contributed by atoms with Crippen molar-refractivity contribution in [2.45, 2.75) is 44.6 Å². The van der Waals surface area contributed by atoms with E-state index in [-0.39, 0.29) is 6.04 Å². The van der Waals surface area contributed by atoms with E-state index in [0.717, 1.165) is 24.1 Å². The summed E-state index contributed by atoms with van der Waals surface area (Å²) in [5.74, 6) is 0. The summed E-state index contributed by atoms with van der Waals surface area (Å²) in [5, 5.41) is 1.19. The Morgan fingerprint density at radius 3 is 2.80 bits per heavy atom. The summed E-state index contributed by atoms with van der Waals surface area (Å²) in [6.45, 7) is 0. The second-order valence-electron chi connectivity index (χ2n) is 5.77. The van der Waals surface area contributed by atoms with Gasteiger partial charge in [-0.1, -0.05) is 35.9 Å². The minimum atomic E-state index is 0.188. The minimum Gasteiger partial charge on any atom is -0.327 e. The molecule has 0 amide bonds. The molecule has 1 aliphatic rings. The summed E-state index contributed by atoms with van der Waals surface area (Å²) in [6.07, 6.45) is 9.40. The van der Waals surface area contributed by atoms with E-state index in [1.165, 1.54) is 31.1 Å². The Labute approximate surface area is 120 Å². The maximum absolute atomic E-state index is 6.30. The van der Waals surface area contributed by atoms with Gasteiger partial charge in [0.25, 0.3) is 0 Å². The van der Waals surface area contributed by atoms with E-state index < -0.39 is 0 Å². The van der Waals surface area contributed by atoms with Crippen molar-refractivity contribution in [2.24, 2.45) is 5.73 Å². The summed E-state index contributed by atoms with van der Waals surface area (Å²) in [5.41, 5.74) is 10.0. The third kappa shape index (κ3) is 3.26. The molecule has 0 aliphatic heterocycles. The van der Waals surface area contributed by atoms with Crippen LogP contribution in [-0.2, 0) is 6.42 Å². The number of hydrogen-bond acceptors (Lipinski definition) is 2. The van der Waals surface area contributed by atoms with Gasteiger partial charge in [0.15, 0.2) is 0 Å². The Balaban J connectivity index is 1.67. The van der Waals surface area contributed by atoms with Gasteiger partial charge in [-0.05, 0) is 44.2 Å². The first-order valence-electron chi connectivity index (χ1n) is 7.59. The third-order valence-corrected chi connectivity index (χ3v) is 4.04. The SMILES string of the molecule is NC(CC1=CCCCC1)Cc1ccc2ccccc2n1. The fourth-order valence-corrected chi connectivity index (χ4v) is 2.99. The first-order valence-corrected chi connectivity index (χ1v) is 7.59. The van der Waals surface area contributed by atoms with E-state index >= 15 is 0 Å². The molecule has 1 heterocycles. The molecule has 1 aromatic carbocycles. The number of rotatable bonds is 4. The molecule has 2 aromatic rings. The van der Waals surface area contributed by atoms with Gasteiger partial charge in [0.2, 0.25) is 0 Å². The van der Waals surface area contributed by atoms with Gasteiger partial charge >= 0.3 is 0 Å². The Morgan fingerprint density at radius 2 is 1.95 bits per heavy atom. The molecule has 2 N–H and O–H groups in total. The molecular weight excluding hydrogens is 244 g/mol. The van der Waals surface area contributed by atoms with Crippen molar-refractivity contribution >= 4 is 10.9 Å². The quantitative estimate of drug-likeness (QED) is 0.850. The van der Waals surface area contributed by atoms with Crippen LogP contribution in [0.15, 0.2) is 48.0 Å². The lowest BCUT2D eigenvalue weighted by Gasteiger charge is -2.17. The number of nitrogens with two attached hydrogens (primary N) is 1. The lowest BCUT2D eigenvalue weighted by atomic mass is 9.93. The topological polar surface area (TPSA) is 38.9 Å². The van der Waals surface area contributed by atoms with Crippen LogP contribution < -0.4 is 5.73 Å². The maximum Gasteiger partial charge on any atom is 0.0705 e. The molecule has 1 aliphatic carbocycles. The van der Waals surface area contributed by atoms with Crippen molar-refractivity contribution in [1.29, 1.82) is 0 Å². The summed E-state index contributed by atoms with van der Waals surface area (Å²) in [6, 6.07) is 12.7. The molecule has 104 valence electrons. The molecule has 1 unspecified atom stereocenters. The molecule has 0 saturated carbocycles. The van der Waals surface area contributed by atoms with Crippen molar-refractivity contribution < 1.29 is 0 Å². The number of benzene rings is 1. The number of aromatic nitrogens is 1. The van der Waals surface area contributed by atoms with E-state index in [9.17, 15) is 0 Å². The van der Waals surface area contributed by atoms with Crippen LogP contribution in [0.1, 0.15) is 37.8 Å². The van der Waals surface area contributed by atoms with Gasteiger partial charge in [-0.2, -0.15) is 0 Å². The standard InChI is InChI=1S/C18H22N2/c19-16(12-14-6-2-1-3-7-14)13-17-11-10-15-8-4-5-9-18(15)20-17/h4-6,8-11,16H,1-3,7,12-13,19H2. The molecule has 20 heavy (non-hydrogen) atoms. The molecule has 0 saturated heterocycles. The monoisotopic (exact) mass is 266 g/mol. The maximum atomic E-state index is 6.30. The second kappa shape index (κ2) is 6.19. The first kappa shape index (κ1) is 13.3. The second-order valence-corrected chi connectivity index (χ2v) is 5.77. The highest BCUT2D eigenvalue weighted by Gasteiger charge is 2.10. The Morgan fingerprint density at radius 1 is 1.05 bits per heavy atom. The van der Waals surface area contributed by atoms with Crippen LogP contribution in [0.25, 0.3) is 10.9 Å². The smallest absolute Gasteiger partial charge is 0.0705 e. The van der Waals surface area contributed by atoms with Gasteiger partial charge in [-0.15, -0.1) is 0 Å². The molecule has 2 nitrogen and oxygen atoms in total. The van der Waals surface area contributed by atoms with E-state index in [1.54, 1.807) is 5.57 Å². The van der Waals surface area contributed by atoms with Gasteiger partial charge in [0.05, 0.1) is 5.52 Å². The van der Waals surface area contributed by atoms with Crippen LogP contribution in [0.3, 0.4) is 0 Å². The minimum absolute atomic E-state index is 0.188. The molecule has 0 bridgehead atoms. The number of fused-ring (bicyclic) bond motifs is 1. The predicted molar refractivity (Wildman–Crippen MR) is 84.6 cm³/mol. The first-order chi connectivity index (χ1) is 9.81. The van der Waals surface area contributed by atoms with Gasteiger partial charge in [-0.25, -0.2) is 0 Å². The summed E-state index contributed by atoms with van der Waals surface area (Å²) in [7, 11) is 0. The normalized spacial score (nSPS) is 16.9. The zero-order valence-corrected chi connectivity index (χ0v) is 11.9. The van der Waals surface area contributed by atoms with Crippen LogP contribution in [0.5, 0.6) is 0 Å². The fourth-order valence-electron chi connectivity index (χ4n) is 2.99. The van der Waals surface area contributed by atoms with Crippen molar-refractivity contribution in [3.63, 3.8) is 0 Å². The molecule has 3 rings (SSSR count). The third-order valence-electron chi connectivity index (χ3n) is 4.04. The lowest BCUT2D eigenvalue weighted by molar-refractivity contribution is 0.601. The summed E-state index contributed by atoms with van der Waals surface area (Å²) >= 11 is 0. The van der Waals surface area contributed by atoms with Crippen LogP contribution >= 0.6 is 0 Å². The van der Waals surface area contributed by atoms with E-state index in [1.807, 2.05) is 12.1 Å². The molecular formula is C18H22N2. The number of pyridine rings is 1. The highest BCUT2D eigenvalue weighted by atomic mass is 14.7. The largest absolute Gasteiger partial charge is 0.327 e. The van der Waals surface area contributed by atoms with Crippen molar-refractivity contribution in [1.82, 2.24) is 4.98 Å². The molecule has 0 spiro atoms. The van der Waals surface area contributed by atoms with Crippen LogP contribution in [0.4, 0.5) is 0 Å². The van der Waals surface area contributed by atoms with Gasteiger partial charge < -0.3 is 5.73 Å². The molecule has 0 fully saturated rings. The Bertz CT molecular complexity index is 616. The molecule has 0 radical (unpaired) electrons. The van der Waals surface area contributed by atoms with Crippen molar-refractivity contribution in [3.05, 3.63) is 53.7 Å². The zero-order valence-electron chi connectivity index (χ0n) is 11.9. The van der Waals surface area contributed by atoms with Gasteiger partial charge in [-0.3, -0.25) is 4.98 Å². The molecule has 2 heteroatoms. The highest BCUT2D eigenvalue weighted by Crippen LogP contribution is 2.22. The van der Waals surface area contributed by atoms with Gasteiger partial charge in [0, 0.05) is 23.5 Å². The van der Waals surface area contributed by atoms with E-state index in [4.69, 9.17) is 10.7 Å². The number of hydrogen-bond donors (Lipinski definition) is 1. The van der Waals surface area contributed by atoms with Crippen molar-refractivity contribution in [2.75, 3.05) is 0 Å². The fraction of sp³-hybridized carbons (Fsp3) is 0.389.